The Morgan fingerprint density at radius 2 is 1.00 bits per heavy atom. The van der Waals surface area contributed by atoms with Gasteiger partial charge < -0.3 is 0 Å². The zero-order valence-electron chi connectivity index (χ0n) is 1.23. The van der Waals surface area contributed by atoms with Crippen LogP contribution in [0.3, 0.4) is 0 Å². The Morgan fingerprint density at radius 3 is 1.00 bits per heavy atom. The molecule has 0 bridgehead atoms. The van der Waals surface area contributed by atoms with Crippen molar-refractivity contribution in [1.29, 1.82) is 0 Å². The van der Waals surface area contributed by atoms with E-state index in [1.165, 1.54) is 0 Å². The van der Waals surface area contributed by atoms with Crippen LogP contribution in [0, 0.1) is 0 Å². The summed E-state index contributed by atoms with van der Waals surface area (Å²) in [5, 5.41) is 0. The molecule has 0 saturated carbocycles. The van der Waals surface area contributed by atoms with E-state index in [0.717, 1.165) is 0 Å². The summed E-state index contributed by atoms with van der Waals surface area (Å²) in [6.07, 6.45) is 0. The van der Waals surface area contributed by atoms with Crippen LogP contribution in [-0.4, -0.2) is 40.4 Å². The maximum atomic E-state index is 0. The van der Waals surface area contributed by atoms with Gasteiger partial charge in [-0.2, -0.15) is 0 Å². The van der Waals surface area contributed by atoms with Gasteiger partial charge in [0, 0.05) is 55.9 Å². The van der Waals surface area contributed by atoms with E-state index in [-0.39, 0.29) is 96.3 Å². The fourth-order valence-electron chi connectivity index (χ4n) is 0. The van der Waals surface area contributed by atoms with Crippen molar-refractivity contribution in [2.75, 3.05) is 0 Å². The molecular weight excluding hydrogens is 210 g/mol. The normalized spacial score (nSPS) is 0. The Hall–Kier alpha value is 3.05. The van der Waals surface area contributed by atoms with Crippen LogP contribution in [0.5, 0.6) is 0 Å². The van der Waals surface area contributed by atoms with E-state index in [9.17, 15) is 0 Å². The molecule has 0 spiro atoms. The molecule has 0 N–H and O–H groups in total. The van der Waals surface area contributed by atoms with Gasteiger partial charge in [0.15, 0.2) is 17.4 Å². The van der Waals surface area contributed by atoms with E-state index < -0.39 is 0 Å². The average molecular weight is 215 g/mol. The van der Waals surface area contributed by atoms with E-state index in [2.05, 4.69) is 0 Å². The molecule has 0 fully saturated rings. The average Bonchev–Trinajstić information content (AvgIpc) is 0. The first-order chi connectivity index (χ1) is 0. The molecule has 29 valence electrons. The summed E-state index contributed by atoms with van der Waals surface area (Å²) in [5.41, 5.74) is 0. The molecule has 0 atom stereocenters. The molecule has 0 aliphatic rings. The van der Waals surface area contributed by atoms with Crippen LogP contribution in [0.25, 0.3) is 0 Å². The van der Waals surface area contributed by atoms with Crippen LogP contribution in [0.2, 0.25) is 0 Å². The van der Waals surface area contributed by atoms with E-state index in [4.69, 9.17) is 0 Å². The van der Waals surface area contributed by atoms with E-state index in [1.54, 1.807) is 0 Å². The van der Waals surface area contributed by atoms with E-state index in [1.807, 2.05) is 0 Å². The minimum Gasteiger partial charge on any atom is 0 e. The first-order valence-electron chi connectivity index (χ1n) is 0. The molecule has 0 rings (SSSR count). The van der Waals surface area contributed by atoms with Crippen LogP contribution >= 0.6 is 0 Å². The Morgan fingerprint density at radius 1 is 1.00 bits per heavy atom. The predicted octanol–water partition coefficient (Wildman–Crippen LogP) is -2.11. The molecule has 0 saturated heterocycles. The summed E-state index contributed by atoms with van der Waals surface area (Å²) in [7, 11) is 0. The van der Waals surface area contributed by atoms with E-state index >= 15 is 0 Å². The molecule has 0 nitrogen and oxygen atoms in total. The molecule has 0 amide bonds. The van der Waals surface area contributed by atoms with Gasteiger partial charge in [-0.15, -0.1) is 0 Å². The summed E-state index contributed by atoms with van der Waals surface area (Å²) in [6.45, 7) is 0. The SMILES string of the molecule is [AlH3].[Fe].[MgH2].[Mn].[Ti]. The van der Waals surface area contributed by atoms with Gasteiger partial charge in [-0.3, -0.25) is 0 Å². The predicted molar refractivity (Wildman–Crippen MR) is 18.5 cm³/mol. The Labute approximate surface area is 94.7 Å². The maximum Gasteiger partial charge on any atom is 0.316 e. The Balaban J connectivity index is 0. The molecule has 0 heterocycles. The second-order valence-corrected chi connectivity index (χ2v) is 0. The monoisotopic (exact) mass is 215 g/mol. The quantitative estimate of drug-likeness (QED) is 0.406. The third-order valence-corrected chi connectivity index (χ3v) is 0. The number of hydrogen-bond acceptors (Lipinski definition) is 0. The van der Waals surface area contributed by atoms with Crippen LogP contribution < -0.4 is 0 Å². The van der Waals surface area contributed by atoms with Crippen molar-refractivity contribution >= 4 is 40.4 Å². The van der Waals surface area contributed by atoms with Gasteiger partial charge in [-0.05, 0) is 0 Å². The van der Waals surface area contributed by atoms with Gasteiger partial charge in [-0.1, -0.05) is 0 Å². The molecule has 1 radical (unpaired) electrons. The topological polar surface area (TPSA) is 0 Å². The third kappa shape index (κ3) is 19.3. The molecule has 0 aromatic carbocycles. The zero-order chi connectivity index (χ0) is 0. The van der Waals surface area contributed by atoms with Crippen LogP contribution in [0.4, 0.5) is 0 Å². The Kier molecular flexibility index (Phi) is 238. The van der Waals surface area contributed by atoms with Gasteiger partial charge in [0.05, 0.1) is 0 Å². The summed E-state index contributed by atoms with van der Waals surface area (Å²) in [5.74, 6) is 0. The van der Waals surface area contributed by atoms with Crippen molar-refractivity contribution < 1.29 is 55.9 Å². The molecule has 0 aromatic rings. The van der Waals surface area contributed by atoms with Gasteiger partial charge in [-0.25, -0.2) is 0 Å². The first-order valence-corrected chi connectivity index (χ1v) is 0. The van der Waals surface area contributed by atoms with Crippen molar-refractivity contribution in [3.05, 3.63) is 0 Å². The molecule has 5 heavy (non-hydrogen) atoms. The van der Waals surface area contributed by atoms with Crippen molar-refractivity contribution in [3.8, 4) is 0 Å². The number of rotatable bonds is 0. The summed E-state index contributed by atoms with van der Waals surface area (Å²) >= 11 is 0. The van der Waals surface area contributed by atoms with Crippen LogP contribution in [0.1, 0.15) is 0 Å². The van der Waals surface area contributed by atoms with Gasteiger partial charge >= 0.3 is 23.1 Å². The van der Waals surface area contributed by atoms with Gasteiger partial charge in [0.25, 0.3) is 0 Å². The molecule has 0 aliphatic carbocycles. The van der Waals surface area contributed by atoms with Crippen LogP contribution in [0.15, 0.2) is 0 Å². The summed E-state index contributed by atoms with van der Waals surface area (Å²) in [6, 6.07) is 0. The molecule has 0 aromatic heterocycles. The number of hydrogen-bond donors (Lipinski definition) is 0. The maximum absolute atomic E-state index is 0. The molecular formula is H5AlFeMgMnTi. The van der Waals surface area contributed by atoms with Crippen molar-refractivity contribution in [3.63, 3.8) is 0 Å². The minimum atomic E-state index is 0. The van der Waals surface area contributed by atoms with Crippen molar-refractivity contribution in [1.82, 2.24) is 0 Å². The minimum absolute atomic E-state index is 0. The smallest absolute Gasteiger partial charge is 0 e. The second kappa shape index (κ2) is 27.7. The largest absolute Gasteiger partial charge is 0.316 e. The molecule has 0 aliphatic heterocycles. The first kappa shape index (κ1) is 43.0. The standard InChI is InChI=1S/Al.Fe.Mg.Mn.Ti.5H. The summed E-state index contributed by atoms with van der Waals surface area (Å²) < 4.78 is 0. The fourth-order valence-corrected chi connectivity index (χ4v) is 0. The Bertz CT molecular complexity index is 11.6. The second-order valence-electron chi connectivity index (χ2n) is 0. The van der Waals surface area contributed by atoms with Crippen LogP contribution in [-0.2, 0) is 55.9 Å². The zero-order valence-corrected chi connectivity index (χ0v) is 5.08. The third-order valence-electron chi connectivity index (χ3n) is 0. The van der Waals surface area contributed by atoms with Gasteiger partial charge in [0.1, 0.15) is 0 Å². The van der Waals surface area contributed by atoms with Gasteiger partial charge in [0.2, 0.25) is 0 Å². The fraction of sp³-hybridized carbons (Fsp3) is 0. The van der Waals surface area contributed by atoms with Crippen molar-refractivity contribution in [2.45, 2.75) is 0 Å². The molecule has 0 unspecified atom stereocenters. The van der Waals surface area contributed by atoms with E-state index in [0.29, 0.717) is 0 Å². The van der Waals surface area contributed by atoms with Crippen molar-refractivity contribution in [2.24, 2.45) is 0 Å². The summed E-state index contributed by atoms with van der Waals surface area (Å²) in [4.78, 5) is 0. The molecule has 5 heteroatoms.